The van der Waals surface area contributed by atoms with E-state index < -0.39 is 0 Å². The van der Waals surface area contributed by atoms with E-state index in [9.17, 15) is 4.11 Å². The first-order valence-electron chi connectivity index (χ1n) is 19.1. The molecular formula is C45H27N3S2. The first kappa shape index (κ1) is 23.4. The van der Waals surface area contributed by atoms with Gasteiger partial charge in [-0.2, -0.15) is 0 Å². The molecule has 0 N–H and O–H groups in total. The fourth-order valence-corrected chi connectivity index (χ4v) is 8.63. The summed E-state index contributed by atoms with van der Waals surface area (Å²) >= 11 is 2.82. The van der Waals surface area contributed by atoms with Crippen LogP contribution in [0.1, 0.15) is 8.22 Å². The van der Waals surface area contributed by atoms with Crippen molar-refractivity contribution in [3.63, 3.8) is 0 Å². The largest absolute Gasteiger partial charge is 0.208 e. The first-order chi connectivity index (χ1) is 27.3. The summed E-state index contributed by atoms with van der Waals surface area (Å²) in [4.78, 5) is 14.6. The van der Waals surface area contributed by atoms with Gasteiger partial charge in [0.15, 0.2) is 17.5 Å². The molecule has 10 aromatic rings. The van der Waals surface area contributed by atoms with Crippen LogP contribution in [0.5, 0.6) is 0 Å². The Hall–Kier alpha value is -6.01. The van der Waals surface area contributed by atoms with Crippen LogP contribution in [0, 0.1) is 0 Å². The minimum Gasteiger partial charge on any atom is -0.208 e. The molecule has 50 heavy (non-hydrogen) atoms. The minimum atomic E-state index is -0.240. The second kappa shape index (κ2) is 11.8. The van der Waals surface area contributed by atoms with Crippen molar-refractivity contribution in [3.8, 4) is 56.4 Å². The Morgan fingerprint density at radius 2 is 1.06 bits per heavy atom. The van der Waals surface area contributed by atoms with Crippen LogP contribution in [-0.4, -0.2) is 15.0 Å². The smallest absolute Gasteiger partial charge is 0.164 e. The fourth-order valence-electron chi connectivity index (χ4n) is 6.46. The lowest BCUT2D eigenvalue weighted by Crippen LogP contribution is -2.00. The monoisotopic (exact) mass is 679 g/mol. The molecule has 0 atom stereocenters. The van der Waals surface area contributed by atoms with E-state index >= 15 is 0 Å². The van der Waals surface area contributed by atoms with Crippen molar-refractivity contribution in [3.05, 3.63) is 164 Å². The van der Waals surface area contributed by atoms with E-state index in [2.05, 4.69) is 24.3 Å². The minimum absolute atomic E-state index is 0.0558. The van der Waals surface area contributed by atoms with Crippen LogP contribution in [0.25, 0.3) is 96.8 Å². The van der Waals surface area contributed by atoms with Gasteiger partial charge < -0.3 is 0 Å². The van der Waals surface area contributed by atoms with Crippen LogP contribution in [0.15, 0.2) is 164 Å². The molecule has 0 fully saturated rings. The zero-order chi connectivity index (χ0) is 38.2. The Labute approximate surface area is 305 Å². The van der Waals surface area contributed by atoms with E-state index in [4.69, 9.17) is 19.1 Å². The average Bonchev–Trinajstić information content (AvgIpc) is 3.82. The van der Waals surface area contributed by atoms with Crippen LogP contribution in [-0.2, 0) is 0 Å². The van der Waals surface area contributed by atoms with E-state index in [0.29, 0.717) is 42.9 Å². The lowest BCUT2D eigenvalue weighted by molar-refractivity contribution is 1.08. The van der Waals surface area contributed by atoms with Crippen molar-refractivity contribution in [1.29, 1.82) is 0 Å². The highest BCUT2D eigenvalue weighted by molar-refractivity contribution is 7.26. The predicted molar refractivity (Wildman–Crippen MR) is 213 cm³/mol. The van der Waals surface area contributed by atoms with E-state index in [1.807, 2.05) is 103 Å². The van der Waals surface area contributed by atoms with Crippen LogP contribution in [0.4, 0.5) is 0 Å². The average molecular weight is 680 g/mol. The zero-order valence-electron chi connectivity index (χ0n) is 32.3. The van der Waals surface area contributed by atoms with Gasteiger partial charge in [0.1, 0.15) is 0 Å². The van der Waals surface area contributed by atoms with E-state index in [1.54, 1.807) is 11.3 Å². The van der Waals surface area contributed by atoms with Crippen molar-refractivity contribution in [1.82, 2.24) is 15.0 Å². The topological polar surface area (TPSA) is 38.7 Å². The highest BCUT2D eigenvalue weighted by Gasteiger charge is 2.17. The Kier molecular flexibility index (Phi) is 5.54. The maximum Gasteiger partial charge on any atom is 0.164 e. The molecule has 0 spiro atoms. The molecule has 0 amide bonds. The van der Waals surface area contributed by atoms with Crippen molar-refractivity contribution in [2.24, 2.45) is 0 Å². The highest BCUT2D eigenvalue weighted by Crippen LogP contribution is 2.42. The second-order valence-electron chi connectivity index (χ2n) is 11.9. The van der Waals surface area contributed by atoms with Gasteiger partial charge in [-0.15, -0.1) is 22.7 Å². The zero-order valence-corrected chi connectivity index (χ0v) is 27.9. The molecular weight excluding hydrogens is 647 g/mol. The van der Waals surface area contributed by atoms with E-state index in [0.717, 1.165) is 43.7 Å². The SMILES string of the molecule is [2H]c1c([2H])c(-c2cccc(-c3ccccc3)c2)c2c(sc3c([2H])c(-c4nc(-c5ccccc5)nc(-c5ccc6c(c5)sc5ccccc56)n4)c([2H])c([2H])c32)c1[2H]. The number of rotatable bonds is 5. The molecule has 7 aromatic carbocycles. The van der Waals surface area contributed by atoms with Crippen molar-refractivity contribution in [2.45, 2.75) is 0 Å². The summed E-state index contributed by atoms with van der Waals surface area (Å²) in [7, 11) is 0. The molecule has 0 aliphatic carbocycles. The molecule has 5 heteroatoms. The molecule has 3 nitrogen and oxygen atoms in total. The third-order valence-corrected chi connectivity index (χ3v) is 11.0. The fraction of sp³-hybridized carbons (Fsp3) is 0. The Bertz CT molecular complexity index is 3220. The number of nitrogens with zero attached hydrogens (tertiary/aromatic N) is 3. The third kappa shape index (κ3) is 4.98. The number of fused-ring (bicyclic) bond motifs is 6. The summed E-state index contributed by atoms with van der Waals surface area (Å²) in [5.74, 6) is 0.842. The maximum atomic E-state index is 9.62. The maximum absolute atomic E-state index is 9.62. The van der Waals surface area contributed by atoms with Crippen LogP contribution in [0.3, 0.4) is 0 Å². The molecule has 3 aromatic heterocycles. The van der Waals surface area contributed by atoms with Gasteiger partial charge in [-0.25, -0.2) is 15.0 Å². The number of aromatic nitrogens is 3. The van der Waals surface area contributed by atoms with E-state index in [1.165, 1.54) is 10.1 Å². The summed E-state index contributed by atoms with van der Waals surface area (Å²) in [6.07, 6.45) is 0. The molecule has 0 aliphatic heterocycles. The van der Waals surface area contributed by atoms with Gasteiger partial charge in [0.25, 0.3) is 0 Å². The summed E-state index contributed by atoms with van der Waals surface area (Å²) < 4.78 is 58.4. The molecule has 0 saturated carbocycles. The molecule has 0 bridgehead atoms. The molecule has 10 rings (SSSR count). The Balaban J connectivity index is 1.22. The number of hydrogen-bond donors (Lipinski definition) is 0. The van der Waals surface area contributed by atoms with Gasteiger partial charge in [-0.3, -0.25) is 0 Å². The number of thiophene rings is 2. The van der Waals surface area contributed by atoms with Crippen LogP contribution >= 0.6 is 22.7 Å². The second-order valence-corrected chi connectivity index (χ2v) is 14.0. The molecule has 3 heterocycles. The van der Waals surface area contributed by atoms with Gasteiger partial charge in [0.05, 0.1) is 8.22 Å². The highest BCUT2D eigenvalue weighted by atomic mass is 32.1. The molecule has 234 valence electrons. The first-order valence-corrected chi connectivity index (χ1v) is 17.7. The van der Waals surface area contributed by atoms with Crippen LogP contribution < -0.4 is 0 Å². The number of hydrogen-bond acceptors (Lipinski definition) is 5. The molecule has 0 radical (unpaired) electrons. The molecule has 0 aliphatic rings. The van der Waals surface area contributed by atoms with Gasteiger partial charge in [0.2, 0.25) is 0 Å². The van der Waals surface area contributed by atoms with Crippen LogP contribution in [0.2, 0.25) is 0 Å². The molecule has 0 unspecified atom stereocenters. The normalized spacial score (nSPS) is 13.3. The quantitative estimate of drug-likeness (QED) is 0.182. The summed E-state index contributed by atoms with van der Waals surface area (Å²) in [6.45, 7) is 0. The number of benzene rings is 7. The Morgan fingerprint density at radius 3 is 1.90 bits per heavy atom. The molecule has 0 saturated heterocycles. The van der Waals surface area contributed by atoms with Gasteiger partial charge in [-0.1, -0.05) is 133 Å². The summed E-state index contributed by atoms with van der Waals surface area (Å²) in [6, 6.07) is 40.4. The predicted octanol–water partition coefficient (Wildman–Crippen LogP) is 12.9. The summed E-state index contributed by atoms with van der Waals surface area (Å²) in [5, 5.41) is 3.04. The van der Waals surface area contributed by atoms with Crippen molar-refractivity contribution in [2.75, 3.05) is 0 Å². The van der Waals surface area contributed by atoms with Gasteiger partial charge in [0, 0.05) is 57.0 Å². The Morgan fingerprint density at radius 1 is 0.400 bits per heavy atom. The summed E-state index contributed by atoms with van der Waals surface area (Å²) in [5.41, 5.74) is 4.52. The lowest BCUT2D eigenvalue weighted by Gasteiger charge is -2.09. The standard InChI is InChI=1S/C45H27N3S2/c1-3-11-28(12-4-1)30-15-9-16-31(25-30)34-18-10-20-39-42(34)37-24-22-33(27-41(37)50-39)45-47-43(29-13-5-2-6-14-29)46-44(48-45)32-21-23-36-35-17-7-8-19-38(35)49-40(36)26-32/h1-27H/i10D,18D,20D,22D,24D,27D. The third-order valence-electron chi connectivity index (χ3n) is 8.86. The van der Waals surface area contributed by atoms with Gasteiger partial charge in [-0.05, 0) is 52.5 Å². The van der Waals surface area contributed by atoms with E-state index in [-0.39, 0.29) is 47.6 Å². The van der Waals surface area contributed by atoms with Gasteiger partial charge >= 0.3 is 0 Å². The van der Waals surface area contributed by atoms with Crippen molar-refractivity contribution < 1.29 is 8.22 Å². The van der Waals surface area contributed by atoms with Crippen molar-refractivity contribution >= 4 is 63.0 Å². The lowest BCUT2D eigenvalue weighted by atomic mass is 9.96.